The average molecular weight is 548 g/mol. The zero-order valence-electron chi connectivity index (χ0n) is 19.2. The van der Waals surface area contributed by atoms with Crippen molar-refractivity contribution in [3.63, 3.8) is 0 Å². The molecular weight excluding hydrogens is 524 g/mol. The number of nitrogens with zero attached hydrogens (tertiary/aromatic N) is 1. The summed E-state index contributed by atoms with van der Waals surface area (Å²) in [6, 6.07) is 22.6. The second kappa shape index (κ2) is 9.48. The number of aliphatic hydroxyl groups excluding tert-OH is 1. The minimum absolute atomic E-state index is 0.00184. The van der Waals surface area contributed by atoms with Crippen molar-refractivity contribution >= 4 is 50.6 Å². The van der Waals surface area contributed by atoms with Gasteiger partial charge < -0.3 is 5.11 Å². The van der Waals surface area contributed by atoms with Crippen LogP contribution in [-0.2, 0) is 4.79 Å². The van der Waals surface area contributed by atoms with Gasteiger partial charge in [-0.1, -0.05) is 69.5 Å². The van der Waals surface area contributed by atoms with Crippen molar-refractivity contribution in [3.8, 4) is 0 Å². The fourth-order valence-electron chi connectivity index (χ4n) is 4.92. The Morgan fingerprint density at radius 3 is 2.31 bits per heavy atom. The molecule has 2 N–H and O–H groups in total. The van der Waals surface area contributed by atoms with Crippen molar-refractivity contribution in [2.45, 2.75) is 32.1 Å². The molecule has 176 valence electrons. The molecule has 0 fully saturated rings. The third kappa shape index (κ3) is 4.35. The predicted molar refractivity (Wildman–Crippen MR) is 145 cm³/mol. The minimum Gasteiger partial charge on any atom is -0.507 e. The van der Waals surface area contributed by atoms with E-state index in [4.69, 9.17) is 11.6 Å². The smallest absolute Gasteiger partial charge is 0.161 e. The lowest BCUT2D eigenvalue weighted by atomic mass is 9.73. The lowest BCUT2D eigenvalue weighted by molar-refractivity contribution is -0.116. The van der Waals surface area contributed by atoms with Crippen LogP contribution < -0.4 is 4.90 Å². The van der Waals surface area contributed by atoms with Crippen molar-refractivity contribution < 1.29 is 9.90 Å². The lowest BCUT2D eigenvalue weighted by Gasteiger charge is -2.41. The first-order valence-corrected chi connectivity index (χ1v) is 12.7. The maximum Gasteiger partial charge on any atom is 0.161 e. The summed E-state index contributed by atoms with van der Waals surface area (Å²) in [4.78, 5) is 15.3. The van der Waals surface area contributed by atoms with Gasteiger partial charge >= 0.3 is 0 Å². The van der Waals surface area contributed by atoms with Crippen LogP contribution in [-0.4, -0.2) is 16.7 Å². The number of halogens is 2. The molecule has 0 aromatic heterocycles. The van der Waals surface area contributed by atoms with Crippen LogP contribution in [0.3, 0.4) is 0 Å². The fraction of sp³-hybridized carbons (Fsp3) is 0.172. The summed E-state index contributed by atoms with van der Waals surface area (Å²) in [5.74, 6) is -0.341. The van der Waals surface area contributed by atoms with Crippen molar-refractivity contribution in [2.24, 2.45) is 0 Å². The Kier molecular flexibility index (Phi) is 6.39. The fourth-order valence-corrected chi connectivity index (χ4v) is 5.31. The quantitative estimate of drug-likeness (QED) is 0.327. The highest BCUT2D eigenvalue weighted by Gasteiger charge is 2.43. The van der Waals surface area contributed by atoms with Crippen LogP contribution in [0.2, 0.25) is 5.02 Å². The molecule has 1 aliphatic heterocycles. The van der Waals surface area contributed by atoms with Gasteiger partial charge in [0.25, 0.3) is 0 Å². The van der Waals surface area contributed by atoms with Crippen molar-refractivity contribution in [1.29, 1.82) is 5.41 Å². The van der Waals surface area contributed by atoms with Crippen LogP contribution >= 0.6 is 27.5 Å². The van der Waals surface area contributed by atoms with Crippen LogP contribution in [0.15, 0.2) is 94.1 Å². The maximum absolute atomic E-state index is 13.5. The number of carbonyl (C=O) groups is 1. The van der Waals surface area contributed by atoms with Gasteiger partial charge in [0.05, 0.1) is 0 Å². The van der Waals surface area contributed by atoms with Crippen LogP contribution in [0.4, 0.5) is 5.69 Å². The SMILES string of the molecule is Cc1ccc(/C(O)=C2\C(=N)N(c3ccc(Br)cc3)C3=C(C(=O)CCC3)C2c2ccc(Cl)cc2)cc1. The van der Waals surface area contributed by atoms with Gasteiger partial charge in [0.15, 0.2) is 5.78 Å². The van der Waals surface area contributed by atoms with E-state index < -0.39 is 5.92 Å². The minimum atomic E-state index is -0.560. The molecule has 0 amide bonds. The van der Waals surface area contributed by atoms with Gasteiger partial charge in [-0.25, -0.2) is 0 Å². The average Bonchev–Trinajstić information content (AvgIpc) is 2.85. The number of amidine groups is 1. The Bertz CT molecular complexity index is 1370. The number of rotatable bonds is 3. The number of nitrogens with one attached hydrogen (secondary N) is 1. The van der Waals surface area contributed by atoms with E-state index in [0.717, 1.165) is 33.4 Å². The highest BCUT2D eigenvalue weighted by atomic mass is 79.9. The summed E-state index contributed by atoms with van der Waals surface area (Å²) >= 11 is 9.66. The summed E-state index contributed by atoms with van der Waals surface area (Å²) in [7, 11) is 0. The second-order valence-electron chi connectivity index (χ2n) is 8.91. The molecule has 1 unspecified atom stereocenters. The topological polar surface area (TPSA) is 64.4 Å². The first-order valence-electron chi connectivity index (χ1n) is 11.5. The van der Waals surface area contributed by atoms with E-state index in [1.807, 2.05) is 72.5 Å². The number of benzene rings is 3. The molecule has 35 heavy (non-hydrogen) atoms. The predicted octanol–water partition coefficient (Wildman–Crippen LogP) is 7.97. The van der Waals surface area contributed by atoms with Gasteiger partial charge in [-0.15, -0.1) is 0 Å². The van der Waals surface area contributed by atoms with Gasteiger partial charge in [-0.05, 0) is 61.7 Å². The summed E-state index contributed by atoms with van der Waals surface area (Å²) in [5.41, 5.74) is 5.17. The lowest BCUT2D eigenvalue weighted by Crippen LogP contribution is -2.42. The largest absolute Gasteiger partial charge is 0.507 e. The van der Waals surface area contributed by atoms with Gasteiger partial charge in [0, 0.05) is 49.9 Å². The van der Waals surface area contributed by atoms with Crippen LogP contribution in [0.5, 0.6) is 0 Å². The molecule has 3 aromatic rings. The molecule has 1 atom stereocenters. The molecule has 1 aliphatic carbocycles. The van der Waals surface area contributed by atoms with Crippen molar-refractivity contribution in [1.82, 2.24) is 0 Å². The van der Waals surface area contributed by atoms with Gasteiger partial charge in [-0.2, -0.15) is 0 Å². The zero-order valence-corrected chi connectivity index (χ0v) is 21.5. The summed E-state index contributed by atoms with van der Waals surface area (Å²) < 4.78 is 0.927. The van der Waals surface area contributed by atoms with Crippen LogP contribution in [0.25, 0.3) is 5.76 Å². The molecule has 4 nitrogen and oxygen atoms in total. The number of carbonyl (C=O) groups excluding carboxylic acids is 1. The molecule has 0 spiro atoms. The Balaban J connectivity index is 1.81. The first kappa shape index (κ1) is 23.6. The maximum atomic E-state index is 13.5. The molecule has 0 bridgehead atoms. The number of allylic oxidation sites excluding steroid dienone is 2. The molecule has 0 radical (unpaired) electrons. The monoisotopic (exact) mass is 546 g/mol. The second-order valence-corrected chi connectivity index (χ2v) is 10.3. The zero-order chi connectivity index (χ0) is 24.7. The Labute approximate surface area is 218 Å². The molecule has 0 saturated carbocycles. The van der Waals surface area contributed by atoms with Crippen LogP contribution in [0.1, 0.15) is 41.9 Å². The van der Waals surface area contributed by atoms with E-state index >= 15 is 0 Å². The molecule has 0 saturated heterocycles. The van der Waals surface area contributed by atoms with E-state index in [9.17, 15) is 15.3 Å². The highest BCUT2D eigenvalue weighted by Crippen LogP contribution is 2.48. The van der Waals surface area contributed by atoms with Crippen molar-refractivity contribution in [3.05, 3.63) is 116 Å². The molecule has 3 aromatic carbocycles. The van der Waals surface area contributed by atoms with Gasteiger partial charge in [0.2, 0.25) is 0 Å². The van der Waals surface area contributed by atoms with Crippen molar-refractivity contribution in [2.75, 3.05) is 4.90 Å². The summed E-state index contributed by atoms with van der Waals surface area (Å²) in [6.07, 6.45) is 1.86. The number of ketones is 1. The molecule has 5 rings (SSSR count). The molecular formula is C29H24BrClN2O2. The van der Waals surface area contributed by atoms with Gasteiger partial charge in [0.1, 0.15) is 11.6 Å². The van der Waals surface area contributed by atoms with Gasteiger partial charge in [-0.3, -0.25) is 15.1 Å². The number of hydrogen-bond donors (Lipinski definition) is 2. The van der Waals surface area contributed by atoms with Crippen LogP contribution in [0, 0.1) is 12.3 Å². The summed E-state index contributed by atoms with van der Waals surface area (Å²) in [6.45, 7) is 1.99. The summed E-state index contributed by atoms with van der Waals surface area (Å²) in [5, 5.41) is 21.6. The molecule has 1 heterocycles. The number of Topliss-reactive ketones (excluding diaryl/α,β-unsaturated/α-hetero) is 1. The number of hydrogen-bond acceptors (Lipinski definition) is 3. The number of aliphatic hydroxyl groups is 1. The molecule has 6 heteroatoms. The number of anilines is 1. The van der Waals surface area contributed by atoms with E-state index in [0.29, 0.717) is 34.6 Å². The van der Waals surface area contributed by atoms with E-state index in [1.54, 1.807) is 12.1 Å². The van der Waals surface area contributed by atoms with E-state index in [-0.39, 0.29) is 17.4 Å². The Hall–Kier alpha value is -3.15. The third-order valence-corrected chi connectivity index (χ3v) is 7.40. The molecule has 2 aliphatic rings. The first-order chi connectivity index (χ1) is 16.8. The Morgan fingerprint density at radius 1 is 1.00 bits per heavy atom. The van der Waals surface area contributed by atoms with E-state index in [2.05, 4.69) is 15.9 Å². The Morgan fingerprint density at radius 2 is 1.66 bits per heavy atom. The normalized spacial score (nSPS) is 19.6. The van der Waals surface area contributed by atoms with E-state index in [1.165, 1.54) is 0 Å². The standard InChI is InChI=1S/C29H24BrClN2O2/c1-17-5-7-19(8-6-17)28(35)27-25(18-9-13-21(31)14-10-18)26-23(3-2-4-24(26)34)33(29(27)32)22-15-11-20(30)12-16-22/h5-16,25,32,35H,2-4H2,1H3/b28-27+,32-29?. The number of aryl methyl sites for hydroxylation is 1. The highest BCUT2D eigenvalue weighted by molar-refractivity contribution is 9.10. The third-order valence-electron chi connectivity index (χ3n) is 6.62.